The van der Waals surface area contributed by atoms with Crippen LogP contribution in [0.5, 0.6) is 0 Å². The molecule has 1 aromatic rings. The summed E-state index contributed by atoms with van der Waals surface area (Å²) in [6.45, 7) is 0.685. The minimum absolute atomic E-state index is 0. The van der Waals surface area contributed by atoms with E-state index in [2.05, 4.69) is 4.98 Å². The highest BCUT2D eigenvalue weighted by Crippen LogP contribution is 2.04. The monoisotopic (exact) mass is 143 g/mol. The predicted molar refractivity (Wildman–Crippen MR) is 42.8 cm³/mol. The average molecular weight is 143 g/mol. The lowest BCUT2D eigenvalue weighted by molar-refractivity contribution is 0.187. The molecule has 0 aliphatic heterocycles. The molecule has 1 rings (SSSR count). The van der Waals surface area contributed by atoms with Crippen LogP contribution in [0.1, 0.15) is 4.88 Å². The molecular formula is C5H10BNOS. The van der Waals surface area contributed by atoms with E-state index in [1.807, 2.05) is 6.20 Å². The van der Waals surface area contributed by atoms with Crippen LogP contribution in [0.2, 0.25) is 0 Å². The second-order valence-electron chi connectivity index (χ2n) is 1.40. The Morgan fingerprint density at radius 2 is 2.56 bits per heavy atom. The van der Waals surface area contributed by atoms with Gasteiger partial charge in [-0.1, -0.05) is 0 Å². The van der Waals surface area contributed by atoms with Gasteiger partial charge in [-0.15, -0.1) is 11.3 Å². The zero-order chi connectivity index (χ0) is 5.82. The Hall–Kier alpha value is -0.345. The Morgan fingerprint density at radius 1 is 1.78 bits per heavy atom. The second kappa shape index (κ2) is 4.53. The van der Waals surface area contributed by atoms with Gasteiger partial charge in [-0.05, 0) is 0 Å². The number of nitrogens with zero attached hydrogens (tertiary/aromatic N) is 1. The lowest BCUT2D eigenvalue weighted by atomic mass is 10.6. The van der Waals surface area contributed by atoms with Gasteiger partial charge in [0.2, 0.25) is 0 Å². The molecule has 0 aliphatic carbocycles. The first-order valence-electron chi connectivity index (χ1n) is 2.30. The highest BCUT2D eigenvalue weighted by atomic mass is 32.1. The summed E-state index contributed by atoms with van der Waals surface area (Å²) in [6, 6.07) is 0. The van der Waals surface area contributed by atoms with E-state index in [-0.39, 0.29) is 8.41 Å². The topological polar surface area (TPSA) is 22.1 Å². The van der Waals surface area contributed by atoms with Crippen molar-refractivity contribution in [3.63, 3.8) is 0 Å². The van der Waals surface area contributed by atoms with E-state index in [1.54, 1.807) is 24.0 Å². The summed E-state index contributed by atoms with van der Waals surface area (Å²) in [5, 5.41) is 0. The SMILES string of the molecule is B.COCc1cncs1. The van der Waals surface area contributed by atoms with Gasteiger partial charge in [0.1, 0.15) is 0 Å². The van der Waals surface area contributed by atoms with Gasteiger partial charge in [-0.2, -0.15) is 0 Å². The van der Waals surface area contributed by atoms with Crippen molar-refractivity contribution in [2.24, 2.45) is 0 Å². The maximum absolute atomic E-state index is 4.86. The summed E-state index contributed by atoms with van der Waals surface area (Å²) in [5.41, 5.74) is 1.80. The summed E-state index contributed by atoms with van der Waals surface area (Å²) in [4.78, 5) is 5.05. The van der Waals surface area contributed by atoms with E-state index < -0.39 is 0 Å². The molecule has 0 bridgehead atoms. The van der Waals surface area contributed by atoms with E-state index in [0.717, 1.165) is 0 Å². The molecule has 0 aromatic carbocycles. The van der Waals surface area contributed by atoms with E-state index in [1.165, 1.54) is 4.88 Å². The molecule has 0 fully saturated rings. The first-order chi connectivity index (χ1) is 3.93. The summed E-state index contributed by atoms with van der Waals surface area (Å²) in [5.74, 6) is 0. The zero-order valence-corrected chi connectivity index (χ0v) is 5.44. The van der Waals surface area contributed by atoms with E-state index in [9.17, 15) is 0 Å². The maximum Gasteiger partial charge on any atom is 0.0821 e. The van der Waals surface area contributed by atoms with Crippen molar-refractivity contribution in [1.29, 1.82) is 0 Å². The quantitative estimate of drug-likeness (QED) is 0.548. The molecule has 0 amide bonds. The Morgan fingerprint density at radius 3 is 3.00 bits per heavy atom. The molecule has 9 heavy (non-hydrogen) atoms. The van der Waals surface area contributed by atoms with Crippen molar-refractivity contribution in [3.8, 4) is 0 Å². The van der Waals surface area contributed by atoms with Gasteiger partial charge >= 0.3 is 0 Å². The molecule has 0 spiro atoms. The Bertz CT molecular complexity index is 143. The molecule has 0 radical (unpaired) electrons. The highest BCUT2D eigenvalue weighted by Gasteiger charge is 1.88. The van der Waals surface area contributed by atoms with Gasteiger partial charge in [0.05, 0.1) is 25.4 Å². The normalized spacial score (nSPS) is 8.56. The van der Waals surface area contributed by atoms with Crippen LogP contribution in [0.4, 0.5) is 0 Å². The van der Waals surface area contributed by atoms with Crippen LogP contribution >= 0.6 is 11.3 Å². The predicted octanol–water partition coefficient (Wildman–Crippen LogP) is 0.106. The Labute approximate surface area is 60.5 Å². The molecule has 0 saturated carbocycles. The number of hydrogen-bond donors (Lipinski definition) is 0. The van der Waals surface area contributed by atoms with Gasteiger partial charge in [-0.25, -0.2) is 0 Å². The van der Waals surface area contributed by atoms with Crippen molar-refractivity contribution in [2.45, 2.75) is 6.61 Å². The van der Waals surface area contributed by atoms with Crippen LogP contribution in [0.25, 0.3) is 0 Å². The summed E-state index contributed by atoms with van der Waals surface area (Å²) in [7, 11) is 1.68. The largest absolute Gasteiger partial charge is 0.379 e. The first kappa shape index (κ1) is 8.65. The molecule has 0 unspecified atom stereocenters. The first-order valence-corrected chi connectivity index (χ1v) is 3.18. The van der Waals surface area contributed by atoms with E-state index in [4.69, 9.17) is 4.74 Å². The number of hydrogen-bond acceptors (Lipinski definition) is 3. The molecular weight excluding hydrogens is 133 g/mol. The van der Waals surface area contributed by atoms with Crippen molar-refractivity contribution in [3.05, 3.63) is 16.6 Å². The molecule has 0 aliphatic rings. The van der Waals surface area contributed by atoms with Crippen LogP contribution in [-0.2, 0) is 11.3 Å². The minimum Gasteiger partial charge on any atom is -0.379 e. The summed E-state index contributed by atoms with van der Waals surface area (Å²) < 4.78 is 4.86. The lowest BCUT2D eigenvalue weighted by Crippen LogP contribution is -1.79. The van der Waals surface area contributed by atoms with Crippen LogP contribution < -0.4 is 0 Å². The van der Waals surface area contributed by atoms with Crippen molar-refractivity contribution in [1.82, 2.24) is 4.98 Å². The fourth-order valence-corrected chi connectivity index (χ4v) is 1.02. The van der Waals surface area contributed by atoms with Crippen molar-refractivity contribution < 1.29 is 4.74 Å². The number of ether oxygens (including phenoxy) is 1. The molecule has 2 nitrogen and oxygen atoms in total. The third-order valence-corrected chi connectivity index (χ3v) is 1.52. The molecule has 50 valence electrons. The molecule has 0 saturated heterocycles. The van der Waals surface area contributed by atoms with Gasteiger partial charge in [0, 0.05) is 13.3 Å². The van der Waals surface area contributed by atoms with Crippen LogP contribution in [-0.4, -0.2) is 20.5 Å². The smallest absolute Gasteiger partial charge is 0.0821 e. The fourth-order valence-electron chi connectivity index (χ4n) is 0.456. The van der Waals surface area contributed by atoms with Crippen LogP contribution in [0, 0.1) is 0 Å². The second-order valence-corrected chi connectivity index (χ2v) is 2.37. The van der Waals surface area contributed by atoms with E-state index in [0.29, 0.717) is 6.61 Å². The third kappa shape index (κ3) is 2.63. The van der Waals surface area contributed by atoms with Crippen LogP contribution in [0.15, 0.2) is 11.7 Å². The van der Waals surface area contributed by atoms with Gasteiger partial charge in [0.25, 0.3) is 0 Å². The lowest BCUT2D eigenvalue weighted by Gasteiger charge is -1.87. The van der Waals surface area contributed by atoms with E-state index >= 15 is 0 Å². The molecule has 4 heteroatoms. The number of methoxy groups -OCH3 is 1. The highest BCUT2D eigenvalue weighted by molar-refractivity contribution is 7.09. The van der Waals surface area contributed by atoms with Gasteiger partial charge in [0.15, 0.2) is 0 Å². The number of thiazole rings is 1. The van der Waals surface area contributed by atoms with Gasteiger partial charge in [-0.3, -0.25) is 4.98 Å². The minimum atomic E-state index is 0. The molecule has 1 heterocycles. The zero-order valence-electron chi connectivity index (χ0n) is 4.63. The molecule has 0 N–H and O–H groups in total. The standard InChI is InChI=1S/C5H7NOS.BH3/c1-7-3-5-2-6-4-8-5;/h2,4H,3H2,1H3;1H3. The number of aromatic nitrogens is 1. The molecule has 1 aromatic heterocycles. The van der Waals surface area contributed by atoms with Crippen LogP contribution in [0.3, 0.4) is 0 Å². The fraction of sp³-hybridized carbons (Fsp3) is 0.400. The summed E-state index contributed by atoms with van der Waals surface area (Å²) in [6.07, 6.45) is 1.81. The maximum atomic E-state index is 4.86. The van der Waals surface area contributed by atoms with Crippen molar-refractivity contribution in [2.75, 3.05) is 7.11 Å². The Balaban J connectivity index is 0.000000640. The summed E-state index contributed by atoms with van der Waals surface area (Å²) >= 11 is 1.61. The Kier molecular flexibility index (Phi) is 4.35. The average Bonchev–Trinajstić information content (AvgIpc) is 2.19. The van der Waals surface area contributed by atoms with Gasteiger partial charge < -0.3 is 4.74 Å². The molecule has 0 atom stereocenters. The number of rotatable bonds is 2. The van der Waals surface area contributed by atoms with Crippen molar-refractivity contribution >= 4 is 19.7 Å². The third-order valence-electron chi connectivity index (χ3n) is 0.770.